The van der Waals surface area contributed by atoms with E-state index in [4.69, 9.17) is 9.88 Å². The number of carbonyl (C=O) groups excluding carboxylic acids is 4. The van der Waals surface area contributed by atoms with Gasteiger partial charge in [0.05, 0.1) is 16.1 Å². The Bertz CT molecular complexity index is 1210. The van der Waals surface area contributed by atoms with Crippen LogP contribution in [0.1, 0.15) is 28.4 Å². The minimum atomic E-state index is -3.77. The Morgan fingerprint density at radius 1 is 1.06 bits per heavy atom. The quantitative estimate of drug-likeness (QED) is 0.393. The van der Waals surface area contributed by atoms with Crippen LogP contribution in [0.2, 0.25) is 0 Å². The van der Waals surface area contributed by atoms with Crippen molar-refractivity contribution in [2.45, 2.75) is 24.7 Å². The average Bonchev–Trinajstić information content (AvgIpc) is 3.01. The molecule has 0 spiro atoms. The highest BCUT2D eigenvalue weighted by atomic mass is 32.2. The molecule has 1 heterocycles. The van der Waals surface area contributed by atoms with Crippen LogP contribution in [0.25, 0.3) is 0 Å². The van der Waals surface area contributed by atoms with Crippen molar-refractivity contribution >= 4 is 39.3 Å². The minimum Gasteiger partial charge on any atom is -0.454 e. The number of carbonyl (C=O) groups is 4. The van der Waals surface area contributed by atoms with E-state index in [1.165, 1.54) is 12.1 Å². The van der Waals surface area contributed by atoms with E-state index < -0.39 is 46.7 Å². The topological polar surface area (TPSA) is 153 Å². The number of primary sulfonamides is 1. The van der Waals surface area contributed by atoms with Gasteiger partial charge in [-0.2, -0.15) is 0 Å². The molecule has 0 radical (unpaired) electrons. The third kappa shape index (κ3) is 5.82. The van der Waals surface area contributed by atoms with E-state index in [2.05, 4.69) is 5.32 Å². The molecule has 0 aromatic heterocycles. The molecule has 3 N–H and O–H groups in total. The summed E-state index contributed by atoms with van der Waals surface area (Å²) in [5.74, 6) is -2.85. The number of ketones is 1. The number of amides is 2. The van der Waals surface area contributed by atoms with Gasteiger partial charge in [0.25, 0.3) is 17.6 Å². The second-order valence-corrected chi connectivity index (χ2v) is 8.94. The van der Waals surface area contributed by atoms with Gasteiger partial charge in [-0.25, -0.2) is 13.6 Å². The summed E-state index contributed by atoms with van der Waals surface area (Å²) in [6.45, 7) is 1.14. The van der Waals surface area contributed by atoms with Crippen LogP contribution in [0.4, 0.5) is 5.69 Å². The van der Waals surface area contributed by atoms with Gasteiger partial charge in [-0.05, 0) is 48.2 Å². The molecule has 0 unspecified atom stereocenters. The number of ether oxygens (including phenoxy) is 1. The number of hydrogen-bond acceptors (Lipinski definition) is 7. The number of anilines is 1. The van der Waals surface area contributed by atoms with Crippen LogP contribution in [0.15, 0.2) is 47.4 Å². The van der Waals surface area contributed by atoms with Crippen LogP contribution in [-0.2, 0) is 42.0 Å². The van der Waals surface area contributed by atoms with E-state index in [1.54, 1.807) is 30.3 Å². The summed E-state index contributed by atoms with van der Waals surface area (Å²) in [5, 5.41) is 7.62. The van der Waals surface area contributed by atoms with Crippen molar-refractivity contribution in [3.63, 3.8) is 0 Å². The highest BCUT2D eigenvalue weighted by Crippen LogP contribution is 2.29. The molecule has 3 rings (SSSR count). The summed E-state index contributed by atoms with van der Waals surface area (Å²) < 4.78 is 27.4. The predicted octanol–water partition coefficient (Wildman–Crippen LogP) is 0.328. The molecular formula is C22H23N3O7S. The number of nitrogens with two attached hydrogens (primary N) is 1. The van der Waals surface area contributed by atoms with Gasteiger partial charge in [0, 0.05) is 6.54 Å². The molecule has 174 valence electrons. The lowest BCUT2D eigenvalue weighted by Gasteiger charge is -2.15. The van der Waals surface area contributed by atoms with Crippen molar-refractivity contribution in [1.29, 1.82) is 0 Å². The maximum absolute atomic E-state index is 12.2. The molecule has 33 heavy (non-hydrogen) atoms. The number of rotatable bonds is 9. The highest BCUT2D eigenvalue weighted by molar-refractivity contribution is 7.89. The van der Waals surface area contributed by atoms with Crippen molar-refractivity contribution in [3.8, 4) is 0 Å². The monoisotopic (exact) mass is 473 g/mol. The van der Waals surface area contributed by atoms with Gasteiger partial charge < -0.3 is 10.1 Å². The molecule has 2 amide bonds. The van der Waals surface area contributed by atoms with Crippen molar-refractivity contribution < 1.29 is 32.3 Å². The number of esters is 1. The number of nitrogens with zero attached hydrogens (tertiary/aromatic N) is 1. The first kappa shape index (κ1) is 24.1. The lowest BCUT2D eigenvalue weighted by Crippen LogP contribution is -2.37. The summed E-state index contributed by atoms with van der Waals surface area (Å²) in [7, 11) is -3.77. The maximum atomic E-state index is 12.2. The number of nitrogens with one attached hydrogen (secondary N) is 1. The largest absolute Gasteiger partial charge is 0.454 e. The van der Waals surface area contributed by atoms with Crippen LogP contribution in [0.5, 0.6) is 0 Å². The molecule has 1 aliphatic heterocycles. The zero-order chi connectivity index (χ0) is 24.2. The molecule has 2 aromatic carbocycles. The number of fused-ring (bicyclic) bond motifs is 1. The Morgan fingerprint density at radius 2 is 1.73 bits per heavy atom. The van der Waals surface area contributed by atoms with E-state index in [1.807, 2.05) is 6.92 Å². The van der Waals surface area contributed by atoms with Gasteiger partial charge in [-0.1, -0.05) is 25.1 Å². The van der Waals surface area contributed by atoms with Gasteiger partial charge >= 0.3 is 5.97 Å². The first-order chi connectivity index (χ1) is 15.6. The van der Waals surface area contributed by atoms with Crippen LogP contribution in [0, 0.1) is 0 Å². The Hall–Kier alpha value is -3.57. The van der Waals surface area contributed by atoms with Crippen molar-refractivity contribution in [1.82, 2.24) is 5.32 Å². The Kier molecular flexibility index (Phi) is 7.24. The third-order valence-corrected chi connectivity index (χ3v) is 6.01. The number of hydrogen-bond donors (Lipinski definition) is 2. The highest BCUT2D eigenvalue weighted by Gasteiger charge is 2.37. The van der Waals surface area contributed by atoms with E-state index in [-0.39, 0.29) is 17.0 Å². The van der Waals surface area contributed by atoms with Gasteiger partial charge in [-0.3, -0.25) is 24.1 Å². The molecule has 1 aliphatic rings. The van der Waals surface area contributed by atoms with Gasteiger partial charge in [0.15, 0.2) is 6.61 Å². The first-order valence-corrected chi connectivity index (χ1v) is 11.7. The number of Topliss-reactive ketones (excluding diaryl/α,β-unsaturated/α-hetero) is 1. The Morgan fingerprint density at radius 3 is 2.36 bits per heavy atom. The number of aryl methyl sites for hydroxylation is 1. The smallest absolute Gasteiger partial charge is 0.326 e. The molecular weight excluding hydrogens is 450 g/mol. The second-order valence-electron chi connectivity index (χ2n) is 7.38. The molecule has 10 nitrogen and oxygen atoms in total. The Balaban J connectivity index is 1.45. The Labute approximate surface area is 190 Å². The lowest BCUT2D eigenvalue weighted by atomic mass is 10.1. The van der Waals surface area contributed by atoms with E-state index in [0.717, 1.165) is 16.0 Å². The maximum Gasteiger partial charge on any atom is 0.326 e. The van der Waals surface area contributed by atoms with Gasteiger partial charge in [0.2, 0.25) is 10.0 Å². The molecule has 0 atom stereocenters. The van der Waals surface area contributed by atoms with E-state index in [0.29, 0.717) is 18.5 Å². The predicted molar refractivity (Wildman–Crippen MR) is 118 cm³/mol. The molecule has 0 fully saturated rings. The minimum absolute atomic E-state index is 0.00573. The third-order valence-electron chi connectivity index (χ3n) is 5.08. The molecule has 11 heteroatoms. The van der Waals surface area contributed by atoms with Crippen molar-refractivity contribution in [3.05, 3.63) is 59.2 Å². The summed E-state index contributed by atoms with van der Waals surface area (Å²) >= 11 is 0. The lowest BCUT2D eigenvalue weighted by molar-refractivity contribution is -0.147. The summed E-state index contributed by atoms with van der Waals surface area (Å²) in [6, 6.07) is 10.9. The zero-order valence-electron chi connectivity index (χ0n) is 17.9. The average molecular weight is 474 g/mol. The molecule has 0 saturated carbocycles. The van der Waals surface area contributed by atoms with Crippen molar-refractivity contribution in [2.24, 2.45) is 5.14 Å². The number of sulfonamides is 1. The van der Waals surface area contributed by atoms with Crippen LogP contribution in [0.3, 0.4) is 0 Å². The summed E-state index contributed by atoms with van der Waals surface area (Å²) in [6.07, 6.45) is 1.12. The van der Waals surface area contributed by atoms with Gasteiger partial charge in [0.1, 0.15) is 6.54 Å². The summed E-state index contributed by atoms with van der Waals surface area (Å²) in [5.41, 5.74) is 2.28. The first-order valence-electron chi connectivity index (χ1n) is 10.1. The fourth-order valence-electron chi connectivity index (χ4n) is 3.29. The molecule has 0 saturated heterocycles. The second kappa shape index (κ2) is 9.92. The fourth-order valence-corrected chi connectivity index (χ4v) is 3.80. The SMILES string of the molecule is CCc1ccc2c(c1)C(=O)C(=O)N2CC(=O)OCC(=O)NCCc1ccc(S(N)(=O)=O)cc1. The summed E-state index contributed by atoms with van der Waals surface area (Å²) in [4.78, 5) is 49.5. The van der Waals surface area contributed by atoms with Crippen LogP contribution >= 0.6 is 0 Å². The van der Waals surface area contributed by atoms with E-state index >= 15 is 0 Å². The molecule has 0 bridgehead atoms. The standard InChI is InChI=1S/C22H23N3O7S/c1-2-14-5-8-18-17(11-14)21(28)22(29)25(18)12-20(27)32-13-19(26)24-10-9-15-3-6-16(7-4-15)33(23,30)31/h3-8,11H,2,9-10,12-13H2,1H3,(H,24,26)(H2,23,30,31). The van der Waals surface area contributed by atoms with Gasteiger partial charge in [-0.15, -0.1) is 0 Å². The van der Waals surface area contributed by atoms with Crippen molar-refractivity contribution in [2.75, 3.05) is 24.6 Å². The zero-order valence-corrected chi connectivity index (χ0v) is 18.7. The molecule has 0 aliphatic carbocycles. The number of benzene rings is 2. The van der Waals surface area contributed by atoms with Crippen LogP contribution in [-0.4, -0.2) is 51.7 Å². The molecule has 2 aromatic rings. The van der Waals surface area contributed by atoms with E-state index in [9.17, 15) is 27.6 Å². The normalized spacial score (nSPS) is 13.1. The van der Waals surface area contributed by atoms with Crippen LogP contribution < -0.4 is 15.4 Å². The fraction of sp³-hybridized carbons (Fsp3) is 0.273.